The second-order valence-corrected chi connectivity index (χ2v) is 5.81. The maximum absolute atomic E-state index is 11.3. The summed E-state index contributed by atoms with van der Waals surface area (Å²) in [7, 11) is 3.14. The van der Waals surface area contributed by atoms with E-state index >= 15 is 0 Å². The van der Waals surface area contributed by atoms with Gasteiger partial charge in [-0.3, -0.25) is 4.99 Å². The molecule has 5 heteroatoms. The lowest BCUT2D eigenvalue weighted by Gasteiger charge is -2.23. The summed E-state index contributed by atoms with van der Waals surface area (Å²) < 4.78 is 4.67. The van der Waals surface area contributed by atoms with Crippen LogP contribution in [-0.2, 0) is 11.2 Å². The minimum atomic E-state index is -0.311. The Morgan fingerprint density at radius 1 is 1.24 bits per heavy atom. The lowest BCUT2D eigenvalue weighted by atomic mass is 10.1. The average Bonchev–Trinajstić information content (AvgIpc) is 2.44. The molecule has 0 aromatic heterocycles. The third-order valence-corrected chi connectivity index (χ3v) is 2.80. The van der Waals surface area contributed by atoms with Crippen molar-refractivity contribution in [2.45, 2.75) is 32.7 Å². The topological polar surface area (TPSA) is 62.7 Å². The lowest BCUT2D eigenvalue weighted by Crippen LogP contribution is -2.48. The van der Waals surface area contributed by atoms with E-state index in [2.05, 4.69) is 41.1 Å². The zero-order valence-electron chi connectivity index (χ0n) is 13.5. The maximum atomic E-state index is 11.3. The molecule has 0 amide bonds. The van der Waals surface area contributed by atoms with Gasteiger partial charge < -0.3 is 15.4 Å². The number of aliphatic imine (C=N–C) groups is 1. The van der Waals surface area contributed by atoms with Crippen LogP contribution >= 0.6 is 0 Å². The summed E-state index contributed by atoms with van der Waals surface area (Å²) in [6.45, 7) is 7.04. The van der Waals surface area contributed by atoms with Crippen LogP contribution < -0.4 is 10.6 Å². The molecular weight excluding hydrogens is 266 g/mol. The molecule has 0 heterocycles. The monoisotopic (exact) mass is 291 g/mol. The molecule has 5 nitrogen and oxygen atoms in total. The summed E-state index contributed by atoms with van der Waals surface area (Å²) in [6.07, 6.45) is 0.853. The highest BCUT2D eigenvalue weighted by atomic mass is 16.5. The SMILES string of the molecule is CN=C(NCCc1ccc(C(=O)OC)cc1)NC(C)(C)C. The Labute approximate surface area is 126 Å². The molecule has 0 spiro atoms. The lowest BCUT2D eigenvalue weighted by molar-refractivity contribution is 0.0600. The van der Waals surface area contributed by atoms with Crippen molar-refractivity contribution in [3.63, 3.8) is 0 Å². The molecule has 1 aromatic rings. The van der Waals surface area contributed by atoms with Crippen molar-refractivity contribution in [2.24, 2.45) is 4.99 Å². The Balaban J connectivity index is 2.47. The zero-order valence-corrected chi connectivity index (χ0v) is 13.5. The highest BCUT2D eigenvalue weighted by Crippen LogP contribution is 2.06. The molecule has 1 aromatic carbocycles. The van der Waals surface area contributed by atoms with E-state index in [1.54, 1.807) is 19.2 Å². The third-order valence-electron chi connectivity index (χ3n) is 2.80. The second kappa shape index (κ2) is 7.67. The number of carbonyl (C=O) groups is 1. The molecule has 116 valence electrons. The molecular formula is C16H25N3O2. The van der Waals surface area contributed by atoms with Crippen LogP contribution in [0.4, 0.5) is 0 Å². The summed E-state index contributed by atoms with van der Waals surface area (Å²) >= 11 is 0. The van der Waals surface area contributed by atoms with Crippen molar-refractivity contribution in [2.75, 3.05) is 20.7 Å². The van der Waals surface area contributed by atoms with Crippen LogP contribution in [0.3, 0.4) is 0 Å². The van der Waals surface area contributed by atoms with Gasteiger partial charge in [0.25, 0.3) is 0 Å². The Kier molecular flexibility index (Phi) is 6.21. The fourth-order valence-electron chi connectivity index (χ4n) is 1.78. The largest absolute Gasteiger partial charge is 0.465 e. The highest BCUT2D eigenvalue weighted by Gasteiger charge is 2.11. The van der Waals surface area contributed by atoms with E-state index in [0.717, 1.165) is 24.5 Å². The summed E-state index contributed by atoms with van der Waals surface area (Å²) in [5.74, 6) is 0.475. The van der Waals surface area contributed by atoms with E-state index in [9.17, 15) is 4.79 Å². The molecule has 0 bridgehead atoms. The number of ether oxygens (including phenoxy) is 1. The number of hydrogen-bond acceptors (Lipinski definition) is 3. The molecule has 0 saturated heterocycles. The quantitative estimate of drug-likeness (QED) is 0.506. The number of esters is 1. The van der Waals surface area contributed by atoms with Crippen LogP contribution in [0.2, 0.25) is 0 Å². The molecule has 0 fully saturated rings. The molecule has 0 aliphatic rings. The molecule has 0 unspecified atom stereocenters. The van der Waals surface area contributed by atoms with E-state index in [1.807, 2.05) is 12.1 Å². The van der Waals surface area contributed by atoms with Gasteiger partial charge in [-0.05, 0) is 44.9 Å². The van der Waals surface area contributed by atoms with E-state index in [-0.39, 0.29) is 11.5 Å². The van der Waals surface area contributed by atoms with E-state index in [1.165, 1.54) is 7.11 Å². The first-order valence-corrected chi connectivity index (χ1v) is 7.02. The van der Waals surface area contributed by atoms with Crippen molar-refractivity contribution in [3.8, 4) is 0 Å². The Morgan fingerprint density at radius 2 is 1.86 bits per heavy atom. The van der Waals surface area contributed by atoms with Gasteiger partial charge >= 0.3 is 5.97 Å². The molecule has 0 radical (unpaired) electrons. The standard InChI is InChI=1S/C16H25N3O2/c1-16(2,3)19-15(17-4)18-11-10-12-6-8-13(9-7-12)14(20)21-5/h6-9H,10-11H2,1-5H3,(H2,17,18,19). The van der Waals surface area contributed by atoms with Crippen LogP contribution in [0, 0.1) is 0 Å². The third kappa shape index (κ3) is 6.29. The number of benzene rings is 1. The van der Waals surface area contributed by atoms with Gasteiger partial charge in [0, 0.05) is 19.1 Å². The van der Waals surface area contributed by atoms with Crippen LogP contribution in [-0.4, -0.2) is 38.2 Å². The number of nitrogens with one attached hydrogen (secondary N) is 2. The van der Waals surface area contributed by atoms with Crippen molar-refractivity contribution >= 4 is 11.9 Å². The van der Waals surface area contributed by atoms with Gasteiger partial charge in [0.05, 0.1) is 12.7 Å². The number of carbonyl (C=O) groups excluding carboxylic acids is 1. The van der Waals surface area contributed by atoms with Gasteiger partial charge in [0.2, 0.25) is 0 Å². The van der Waals surface area contributed by atoms with E-state index < -0.39 is 0 Å². The Morgan fingerprint density at radius 3 is 2.33 bits per heavy atom. The summed E-state index contributed by atoms with van der Waals surface area (Å²) in [5.41, 5.74) is 1.70. The average molecular weight is 291 g/mol. The Hall–Kier alpha value is -2.04. The van der Waals surface area contributed by atoms with E-state index in [4.69, 9.17) is 0 Å². The van der Waals surface area contributed by atoms with Gasteiger partial charge in [0.15, 0.2) is 5.96 Å². The first-order valence-electron chi connectivity index (χ1n) is 7.02. The number of guanidine groups is 1. The highest BCUT2D eigenvalue weighted by molar-refractivity contribution is 5.89. The minimum absolute atomic E-state index is 0.0238. The Bertz CT molecular complexity index is 487. The first kappa shape index (κ1) is 17.0. The number of methoxy groups -OCH3 is 1. The number of rotatable bonds is 4. The smallest absolute Gasteiger partial charge is 0.337 e. The fourth-order valence-corrected chi connectivity index (χ4v) is 1.78. The zero-order chi connectivity index (χ0) is 15.9. The van der Waals surface area contributed by atoms with Gasteiger partial charge in [-0.15, -0.1) is 0 Å². The minimum Gasteiger partial charge on any atom is -0.465 e. The van der Waals surface area contributed by atoms with Crippen molar-refractivity contribution < 1.29 is 9.53 Å². The molecule has 0 saturated carbocycles. The van der Waals surface area contributed by atoms with Crippen LogP contribution in [0.15, 0.2) is 29.3 Å². The summed E-state index contributed by atoms with van der Waals surface area (Å²) in [6, 6.07) is 7.44. The normalized spacial score (nSPS) is 12.0. The van der Waals surface area contributed by atoms with Gasteiger partial charge in [-0.25, -0.2) is 4.79 Å². The van der Waals surface area contributed by atoms with Gasteiger partial charge in [-0.2, -0.15) is 0 Å². The number of hydrogen-bond donors (Lipinski definition) is 2. The van der Waals surface area contributed by atoms with Crippen molar-refractivity contribution in [1.29, 1.82) is 0 Å². The molecule has 2 N–H and O–H groups in total. The molecule has 21 heavy (non-hydrogen) atoms. The van der Waals surface area contributed by atoms with Crippen LogP contribution in [0.5, 0.6) is 0 Å². The van der Waals surface area contributed by atoms with Gasteiger partial charge in [-0.1, -0.05) is 12.1 Å². The predicted molar refractivity (Wildman–Crippen MR) is 85.7 cm³/mol. The summed E-state index contributed by atoms with van der Waals surface area (Å²) in [5, 5.41) is 6.57. The van der Waals surface area contributed by atoms with Gasteiger partial charge in [0.1, 0.15) is 0 Å². The van der Waals surface area contributed by atoms with Crippen LogP contribution in [0.1, 0.15) is 36.7 Å². The fraction of sp³-hybridized carbons (Fsp3) is 0.500. The molecule has 0 atom stereocenters. The first-order chi connectivity index (χ1) is 9.85. The maximum Gasteiger partial charge on any atom is 0.337 e. The summed E-state index contributed by atoms with van der Waals surface area (Å²) in [4.78, 5) is 15.5. The van der Waals surface area contributed by atoms with E-state index in [0.29, 0.717) is 5.56 Å². The second-order valence-electron chi connectivity index (χ2n) is 5.81. The van der Waals surface area contributed by atoms with Crippen molar-refractivity contribution in [1.82, 2.24) is 10.6 Å². The molecule has 1 rings (SSSR count). The number of nitrogens with zero attached hydrogens (tertiary/aromatic N) is 1. The van der Waals surface area contributed by atoms with Crippen molar-refractivity contribution in [3.05, 3.63) is 35.4 Å². The molecule has 0 aliphatic heterocycles. The van der Waals surface area contributed by atoms with Crippen LogP contribution in [0.25, 0.3) is 0 Å². The predicted octanol–water partition coefficient (Wildman–Crippen LogP) is 1.98. The molecule has 0 aliphatic carbocycles.